The van der Waals surface area contributed by atoms with Crippen molar-refractivity contribution in [3.63, 3.8) is 0 Å². The van der Waals surface area contributed by atoms with Crippen molar-refractivity contribution in [2.24, 2.45) is 0 Å². The minimum atomic E-state index is -0.694. The number of carbonyl (C=O) groups excluding carboxylic acids is 1. The summed E-state index contributed by atoms with van der Waals surface area (Å²) in [5.41, 5.74) is 0.671. The molecule has 1 N–H and O–H groups in total. The molecule has 0 aromatic heterocycles. The lowest BCUT2D eigenvalue weighted by Gasteiger charge is -2.19. The van der Waals surface area contributed by atoms with Crippen LogP contribution in [0, 0.1) is 22.2 Å². The summed E-state index contributed by atoms with van der Waals surface area (Å²) in [6.45, 7) is 1.59. The maximum atomic E-state index is 11.5. The molecule has 0 bridgehead atoms. The molecule has 1 atom stereocenters. The van der Waals surface area contributed by atoms with Crippen LogP contribution in [-0.4, -0.2) is 10.8 Å². The van der Waals surface area contributed by atoms with Crippen LogP contribution in [0.1, 0.15) is 21.5 Å². The van der Waals surface area contributed by atoms with Crippen LogP contribution in [-0.2, 0) is 0 Å². The van der Waals surface area contributed by atoms with E-state index in [0.29, 0.717) is 5.56 Å². The molecule has 6 heteroatoms. The first-order valence-corrected chi connectivity index (χ1v) is 4.57. The highest BCUT2D eigenvalue weighted by atomic mass is 16.6. The second-order valence-corrected chi connectivity index (χ2v) is 3.48. The van der Waals surface area contributed by atoms with Gasteiger partial charge >= 0.3 is 5.91 Å². The minimum absolute atomic E-state index is 0.102. The van der Waals surface area contributed by atoms with Gasteiger partial charge in [0.25, 0.3) is 5.69 Å². The summed E-state index contributed by atoms with van der Waals surface area (Å²) in [4.78, 5) is 21.8. The molecule has 0 spiro atoms. The summed E-state index contributed by atoms with van der Waals surface area (Å²) in [6, 6.07) is 2.92. The fourth-order valence-electron chi connectivity index (χ4n) is 1.69. The van der Waals surface area contributed by atoms with Crippen molar-refractivity contribution in [3.05, 3.63) is 50.3 Å². The highest BCUT2D eigenvalue weighted by Crippen LogP contribution is 2.28. The first-order valence-electron chi connectivity index (χ1n) is 4.57. The van der Waals surface area contributed by atoms with Crippen LogP contribution in [0.2, 0.25) is 0 Å². The van der Waals surface area contributed by atoms with Crippen molar-refractivity contribution < 1.29 is 14.8 Å². The highest BCUT2D eigenvalue weighted by Gasteiger charge is 2.28. The SMILES string of the molecule is Cc1ccc2c(c1[N+](=O)[O-])C=C[NH+]([O-])C2=O. The molecule has 0 fully saturated rings. The number of hydrogen-bond acceptors (Lipinski definition) is 4. The van der Waals surface area contributed by atoms with E-state index < -0.39 is 15.9 Å². The number of nitro benzene ring substituents is 1. The molecule has 0 saturated heterocycles. The van der Waals surface area contributed by atoms with Crippen LogP contribution in [0.3, 0.4) is 0 Å². The molecule has 2 rings (SSSR count). The molecular formula is C10H8N2O4. The fourth-order valence-corrected chi connectivity index (χ4v) is 1.69. The average Bonchev–Trinajstić information content (AvgIpc) is 2.22. The normalized spacial score (nSPS) is 18.4. The predicted molar refractivity (Wildman–Crippen MR) is 55.5 cm³/mol. The number of hydrogen-bond donors (Lipinski definition) is 1. The van der Waals surface area contributed by atoms with Crippen molar-refractivity contribution in [2.45, 2.75) is 6.92 Å². The first-order chi connectivity index (χ1) is 7.52. The van der Waals surface area contributed by atoms with E-state index in [9.17, 15) is 20.1 Å². The Morgan fingerprint density at radius 2 is 2.06 bits per heavy atom. The van der Waals surface area contributed by atoms with Gasteiger partial charge in [0.05, 0.1) is 16.1 Å². The number of nitrogens with zero attached hydrogens (tertiary/aromatic N) is 1. The monoisotopic (exact) mass is 220 g/mol. The molecule has 6 nitrogen and oxygen atoms in total. The lowest BCUT2D eigenvalue weighted by atomic mass is 9.99. The zero-order valence-corrected chi connectivity index (χ0v) is 8.39. The summed E-state index contributed by atoms with van der Waals surface area (Å²) in [5, 5.41) is 21.3. The van der Waals surface area contributed by atoms with E-state index in [-0.39, 0.29) is 16.8 Å². The molecular weight excluding hydrogens is 212 g/mol. The molecule has 0 aliphatic carbocycles. The van der Waals surface area contributed by atoms with Crippen LogP contribution < -0.4 is 5.06 Å². The quantitative estimate of drug-likeness (QED) is 0.421. The second-order valence-electron chi connectivity index (χ2n) is 3.48. The van der Waals surface area contributed by atoms with Gasteiger partial charge in [-0.05, 0) is 13.0 Å². The third-order valence-corrected chi connectivity index (χ3v) is 2.47. The Hall–Kier alpha value is -2.05. The lowest BCUT2D eigenvalue weighted by molar-refractivity contribution is -0.694. The number of hydroxylamine groups is 2. The minimum Gasteiger partial charge on any atom is -0.621 e. The van der Waals surface area contributed by atoms with Gasteiger partial charge in [0, 0.05) is 11.6 Å². The van der Waals surface area contributed by atoms with Crippen molar-refractivity contribution >= 4 is 17.7 Å². The van der Waals surface area contributed by atoms with Gasteiger partial charge in [-0.3, -0.25) is 15.2 Å². The number of nitro groups is 1. The van der Waals surface area contributed by atoms with E-state index >= 15 is 0 Å². The Morgan fingerprint density at radius 3 is 2.69 bits per heavy atom. The molecule has 1 aromatic carbocycles. The zero-order chi connectivity index (χ0) is 11.9. The third-order valence-electron chi connectivity index (χ3n) is 2.47. The topological polar surface area (TPSA) is 87.7 Å². The predicted octanol–water partition coefficient (Wildman–Crippen LogP) is 0.410. The molecule has 16 heavy (non-hydrogen) atoms. The van der Waals surface area contributed by atoms with Crippen LogP contribution >= 0.6 is 0 Å². The molecule has 1 aliphatic heterocycles. The van der Waals surface area contributed by atoms with Crippen molar-refractivity contribution in [1.82, 2.24) is 0 Å². The van der Waals surface area contributed by atoms with Crippen molar-refractivity contribution in [2.75, 3.05) is 0 Å². The van der Waals surface area contributed by atoms with E-state index in [1.54, 1.807) is 6.92 Å². The molecule has 82 valence electrons. The zero-order valence-electron chi connectivity index (χ0n) is 8.39. The summed E-state index contributed by atoms with van der Waals surface area (Å²) in [5.74, 6) is -0.694. The Bertz CT molecular complexity index is 522. The summed E-state index contributed by atoms with van der Waals surface area (Å²) in [7, 11) is 0. The number of amides is 1. The standard InChI is InChI=1S/C10H8N2O4/c1-6-2-3-8-7(9(6)12(15)16)4-5-11(14)10(8)13/h2-5,11H,1H3. The lowest BCUT2D eigenvalue weighted by Crippen LogP contribution is -3.05. The van der Waals surface area contributed by atoms with Gasteiger partial charge in [-0.1, -0.05) is 6.07 Å². The molecule has 1 aromatic rings. The molecule has 1 aliphatic rings. The van der Waals surface area contributed by atoms with E-state index in [2.05, 4.69) is 0 Å². The van der Waals surface area contributed by atoms with Gasteiger partial charge in [0.1, 0.15) is 6.20 Å². The van der Waals surface area contributed by atoms with E-state index in [1.807, 2.05) is 0 Å². The number of nitrogens with one attached hydrogen (secondary N) is 1. The molecule has 0 saturated carbocycles. The second kappa shape index (κ2) is 3.51. The van der Waals surface area contributed by atoms with Crippen molar-refractivity contribution in [1.29, 1.82) is 0 Å². The first kappa shape index (κ1) is 10.5. The number of benzene rings is 1. The van der Waals surface area contributed by atoms with Crippen LogP contribution in [0.5, 0.6) is 0 Å². The maximum Gasteiger partial charge on any atom is 0.349 e. The fraction of sp³-hybridized carbons (Fsp3) is 0.100. The van der Waals surface area contributed by atoms with Gasteiger partial charge in [-0.15, -0.1) is 0 Å². The van der Waals surface area contributed by atoms with E-state index in [0.717, 1.165) is 6.20 Å². The number of aryl methyl sites for hydroxylation is 1. The van der Waals surface area contributed by atoms with Crippen LogP contribution in [0.15, 0.2) is 18.3 Å². The summed E-state index contributed by atoms with van der Waals surface area (Å²) >= 11 is 0. The van der Waals surface area contributed by atoms with Gasteiger partial charge in [-0.25, -0.2) is 4.79 Å². The molecule has 1 amide bonds. The number of fused-ring (bicyclic) bond motifs is 1. The highest BCUT2D eigenvalue weighted by molar-refractivity contribution is 5.96. The average molecular weight is 220 g/mol. The molecule has 1 unspecified atom stereocenters. The third kappa shape index (κ3) is 1.40. The van der Waals surface area contributed by atoms with Crippen LogP contribution in [0.25, 0.3) is 6.08 Å². The number of carbonyl (C=O) groups is 1. The summed E-state index contributed by atoms with van der Waals surface area (Å²) < 4.78 is 0. The maximum absolute atomic E-state index is 11.5. The molecule has 0 radical (unpaired) electrons. The Balaban J connectivity index is 2.74. The smallest absolute Gasteiger partial charge is 0.349 e. The summed E-state index contributed by atoms with van der Waals surface area (Å²) in [6.07, 6.45) is 2.39. The van der Waals surface area contributed by atoms with Crippen molar-refractivity contribution in [3.8, 4) is 0 Å². The number of quaternary nitrogens is 1. The van der Waals surface area contributed by atoms with E-state index in [4.69, 9.17) is 0 Å². The van der Waals surface area contributed by atoms with Crippen LogP contribution in [0.4, 0.5) is 5.69 Å². The van der Waals surface area contributed by atoms with Gasteiger partial charge < -0.3 is 5.21 Å². The Kier molecular flexibility index (Phi) is 2.30. The van der Waals surface area contributed by atoms with Gasteiger partial charge in [0.15, 0.2) is 0 Å². The Labute approximate surface area is 90.5 Å². The van der Waals surface area contributed by atoms with E-state index in [1.165, 1.54) is 18.2 Å². The molecule has 1 heterocycles. The van der Waals surface area contributed by atoms with Gasteiger partial charge in [0.2, 0.25) is 0 Å². The number of rotatable bonds is 1. The Morgan fingerprint density at radius 1 is 1.38 bits per heavy atom. The largest absolute Gasteiger partial charge is 0.621 e. The van der Waals surface area contributed by atoms with Gasteiger partial charge in [-0.2, -0.15) is 0 Å².